The van der Waals surface area contributed by atoms with E-state index in [-0.39, 0.29) is 23.8 Å². The molecule has 0 atom stereocenters. The van der Waals surface area contributed by atoms with Crippen molar-refractivity contribution in [3.63, 3.8) is 0 Å². The molecule has 0 fully saturated rings. The van der Waals surface area contributed by atoms with Crippen LogP contribution in [0.3, 0.4) is 0 Å². The molecule has 0 heterocycles. The molecular weight excluding hydrogens is 242 g/mol. The molecule has 0 saturated heterocycles. The lowest BCUT2D eigenvalue weighted by Gasteiger charge is -2.08. The monoisotopic (exact) mass is 259 g/mol. The van der Waals surface area contributed by atoms with Crippen molar-refractivity contribution >= 4 is 5.78 Å². The number of rotatable bonds is 5. The average Bonchev–Trinajstić information content (AvgIpc) is 2.43. The first kappa shape index (κ1) is 13.4. The van der Waals surface area contributed by atoms with Gasteiger partial charge in [0.15, 0.2) is 17.3 Å². The number of allylic oxidation sites excluding steroid dienone is 2. The molecule has 0 aliphatic heterocycles. The maximum Gasteiger partial charge on any atom is 0.176 e. The van der Waals surface area contributed by atoms with E-state index in [0.29, 0.717) is 12.1 Å². The molecule has 0 aromatic heterocycles. The molecular formula is C15H17NO3. The van der Waals surface area contributed by atoms with Crippen molar-refractivity contribution in [3.05, 3.63) is 47.6 Å². The highest BCUT2D eigenvalue weighted by Crippen LogP contribution is 2.24. The minimum absolute atomic E-state index is 0.115. The standard InChI is InChI=1S/C15H17NO3/c17-13-7-6-12(8-14(13)18)15(19)10-16-9-11-4-2-1-3-5-11/h2,4-8,16-18H,1,3,9-10H2. The van der Waals surface area contributed by atoms with Crippen LogP contribution in [0.2, 0.25) is 0 Å². The zero-order valence-electron chi connectivity index (χ0n) is 10.6. The minimum Gasteiger partial charge on any atom is -0.504 e. The predicted molar refractivity (Wildman–Crippen MR) is 73.4 cm³/mol. The van der Waals surface area contributed by atoms with Crippen LogP contribution >= 0.6 is 0 Å². The zero-order chi connectivity index (χ0) is 13.7. The van der Waals surface area contributed by atoms with Gasteiger partial charge in [0.2, 0.25) is 0 Å². The number of nitrogens with one attached hydrogen (secondary N) is 1. The average molecular weight is 259 g/mol. The summed E-state index contributed by atoms with van der Waals surface area (Å²) < 4.78 is 0. The minimum atomic E-state index is -0.274. The number of ketones is 1. The second kappa shape index (κ2) is 6.20. The molecule has 1 aliphatic carbocycles. The van der Waals surface area contributed by atoms with E-state index in [1.165, 1.54) is 23.8 Å². The van der Waals surface area contributed by atoms with E-state index in [0.717, 1.165) is 12.8 Å². The molecule has 1 aromatic rings. The van der Waals surface area contributed by atoms with Gasteiger partial charge in [-0.3, -0.25) is 4.79 Å². The maximum absolute atomic E-state index is 11.9. The van der Waals surface area contributed by atoms with Gasteiger partial charge in [-0.05, 0) is 36.6 Å². The Bertz CT molecular complexity index is 532. The summed E-state index contributed by atoms with van der Waals surface area (Å²) in [6, 6.07) is 4.09. The number of phenolic OH excluding ortho intramolecular Hbond substituents is 2. The lowest BCUT2D eigenvalue weighted by molar-refractivity contribution is 0.0992. The Labute approximate surface area is 112 Å². The zero-order valence-corrected chi connectivity index (χ0v) is 10.6. The first-order chi connectivity index (χ1) is 9.16. The van der Waals surface area contributed by atoms with Gasteiger partial charge >= 0.3 is 0 Å². The number of Topliss-reactive ketones (excluding diaryl/α,β-unsaturated/α-hetero) is 1. The lowest BCUT2D eigenvalue weighted by Crippen LogP contribution is -2.25. The molecule has 4 heteroatoms. The summed E-state index contributed by atoms with van der Waals surface area (Å²) in [4.78, 5) is 11.9. The second-order valence-electron chi connectivity index (χ2n) is 4.49. The van der Waals surface area contributed by atoms with Crippen molar-refractivity contribution in [2.45, 2.75) is 12.8 Å². The van der Waals surface area contributed by atoms with E-state index in [2.05, 4.69) is 23.5 Å². The normalized spacial score (nSPS) is 14.2. The Balaban J connectivity index is 1.85. The highest BCUT2D eigenvalue weighted by Gasteiger charge is 2.08. The Morgan fingerprint density at radius 2 is 2.05 bits per heavy atom. The number of carbonyl (C=O) groups is 1. The highest BCUT2D eigenvalue weighted by atomic mass is 16.3. The molecule has 0 unspecified atom stereocenters. The summed E-state index contributed by atoms with van der Waals surface area (Å²) in [5, 5.41) is 21.6. The first-order valence-electron chi connectivity index (χ1n) is 6.28. The number of phenols is 2. The fourth-order valence-corrected chi connectivity index (χ4v) is 1.92. The Hall–Kier alpha value is -2.07. The molecule has 100 valence electrons. The van der Waals surface area contributed by atoms with Crippen molar-refractivity contribution in [1.82, 2.24) is 5.32 Å². The summed E-state index contributed by atoms with van der Waals surface area (Å²) >= 11 is 0. The number of carbonyl (C=O) groups excluding carboxylic acids is 1. The van der Waals surface area contributed by atoms with Gasteiger partial charge in [0, 0.05) is 12.1 Å². The Morgan fingerprint density at radius 3 is 2.74 bits per heavy atom. The highest BCUT2D eigenvalue weighted by molar-refractivity contribution is 5.98. The van der Waals surface area contributed by atoms with E-state index in [4.69, 9.17) is 0 Å². The van der Waals surface area contributed by atoms with Gasteiger partial charge in [-0.1, -0.05) is 18.2 Å². The summed E-state index contributed by atoms with van der Waals surface area (Å²) in [5.41, 5.74) is 1.57. The van der Waals surface area contributed by atoms with E-state index in [9.17, 15) is 15.0 Å². The van der Waals surface area contributed by atoms with Crippen LogP contribution in [0.4, 0.5) is 0 Å². The van der Waals surface area contributed by atoms with Gasteiger partial charge in [-0.15, -0.1) is 0 Å². The fourth-order valence-electron chi connectivity index (χ4n) is 1.92. The molecule has 0 spiro atoms. The van der Waals surface area contributed by atoms with Gasteiger partial charge in [0.25, 0.3) is 0 Å². The number of benzene rings is 1. The molecule has 4 nitrogen and oxygen atoms in total. The third kappa shape index (κ3) is 3.69. The molecule has 0 amide bonds. The fraction of sp³-hybridized carbons (Fsp3) is 0.267. The largest absolute Gasteiger partial charge is 0.504 e. The van der Waals surface area contributed by atoms with Crippen LogP contribution in [-0.4, -0.2) is 29.1 Å². The summed E-state index contributed by atoms with van der Waals surface area (Å²) in [6.45, 7) is 0.863. The predicted octanol–water partition coefficient (Wildman–Crippen LogP) is 2.15. The Morgan fingerprint density at radius 1 is 1.21 bits per heavy atom. The van der Waals surface area contributed by atoms with Crippen LogP contribution in [0.25, 0.3) is 0 Å². The maximum atomic E-state index is 11.9. The van der Waals surface area contributed by atoms with Crippen molar-refractivity contribution in [3.8, 4) is 11.5 Å². The van der Waals surface area contributed by atoms with Crippen LogP contribution in [0, 0.1) is 0 Å². The van der Waals surface area contributed by atoms with Gasteiger partial charge in [-0.2, -0.15) is 0 Å². The van der Waals surface area contributed by atoms with Crippen LogP contribution in [-0.2, 0) is 0 Å². The van der Waals surface area contributed by atoms with Crippen LogP contribution in [0.5, 0.6) is 11.5 Å². The van der Waals surface area contributed by atoms with E-state index in [1.807, 2.05) is 0 Å². The SMILES string of the molecule is O=C(CNCC1=CCCC=C1)c1ccc(O)c(O)c1. The quantitative estimate of drug-likeness (QED) is 0.560. The molecule has 0 radical (unpaired) electrons. The smallest absolute Gasteiger partial charge is 0.176 e. The van der Waals surface area contributed by atoms with Crippen LogP contribution in [0.15, 0.2) is 42.0 Å². The van der Waals surface area contributed by atoms with Gasteiger partial charge < -0.3 is 15.5 Å². The molecule has 0 saturated carbocycles. The molecule has 1 aromatic carbocycles. The molecule has 19 heavy (non-hydrogen) atoms. The Kier molecular flexibility index (Phi) is 4.36. The van der Waals surface area contributed by atoms with Gasteiger partial charge in [0.05, 0.1) is 6.54 Å². The van der Waals surface area contributed by atoms with Crippen molar-refractivity contribution in [2.75, 3.05) is 13.1 Å². The van der Waals surface area contributed by atoms with Gasteiger partial charge in [-0.25, -0.2) is 0 Å². The topological polar surface area (TPSA) is 69.6 Å². The van der Waals surface area contributed by atoms with Crippen LogP contribution in [0.1, 0.15) is 23.2 Å². The van der Waals surface area contributed by atoms with E-state index >= 15 is 0 Å². The second-order valence-corrected chi connectivity index (χ2v) is 4.49. The van der Waals surface area contributed by atoms with Crippen molar-refractivity contribution in [1.29, 1.82) is 0 Å². The molecule has 1 aliphatic rings. The van der Waals surface area contributed by atoms with Crippen molar-refractivity contribution < 1.29 is 15.0 Å². The number of hydrogen-bond donors (Lipinski definition) is 3. The summed E-state index contributed by atoms with van der Waals surface area (Å²) in [6.07, 6.45) is 8.47. The number of hydrogen-bond acceptors (Lipinski definition) is 4. The third-order valence-electron chi connectivity index (χ3n) is 2.98. The summed E-state index contributed by atoms with van der Waals surface area (Å²) in [5.74, 6) is -0.610. The van der Waals surface area contributed by atoms with Crippen molar-refractivity contribution in [2.24, 2.45) is 0 Å². The third-order valence-corrected chi connectivity index (χ3v) is 2.98. The summed E-state index contributed by atoms with van der Waals surface area (Å²) in [7, 11) is 0. The van der Waals surface area contributed by atoms with E-state index < -0.39 is 0 Å². The molecule has 0 bridgehead atoms. The van der Waals surface area contributed by atoms with E-state index in [1.54, 1.807) is 0 Å². The number of aromatic hydroxyl groups is 2. The first-order valence-corrected chi connectivity index (χ1v) is 6.28. The lowest BCUT2D eigenvalue weighted by atomic mass is 10.1. The molecule has 2 rings (SSSR count). The van der Waals surface area contributed by atoms with Crippen LogP contribution < -0.4 is 5.32 Å². The molecule has 3 N–H and O–H groups in total. The van der Waals surface area contributed by atoms with Gasteiger partial charge in [0.1, 0.15) is 0 Å².